The van der Waals surface area contributed by atoms with Gasteiger partial charge in [-0.2, -0.15) is 0 Å². The van der Waals surface area contributed by atoms with Crippen LogP contribution in [0, 0.1) is 0 Å². The van der Waals surface area contributed by atoms with Crippen LogP contribution >= 0.6 is 0 Å². The lowest BCUT2D eigenvalue weighted by atomic mass is 10.2. The van der Waals surface area contributed by atoms with E-state index >= 15 is 0 Å². The SMILES string of the molecule is O=C1NCCCNC1c1ccccn1. The monoisotopic (exact) mass is 191 g/mol. The highest BCUT2D eigenvalue weighted by Crippen LogP contribution is 2.10. The van der Waals surface area contributed by atoms with Gasteiger partial charge in [0.15, 0.2) is 0 Å². The molecule has 1 saturated heterocycles. The van der Waals surface area contributed by atoms with Crippen molar-refractivity contribution in [1.82, 2.24) is 15.6 Å². The maximum absolute atomic E-state index is 11.6. The Labute approximate surface area is 82.7 Å². The van der Waals surface area contributed by atoms with Crippen molar-refractivity contribution in [1.29, 1.82) is 0 Å². The molecule has 4 nitrogen and oxygen atoms in total. The van der Waals surface area contributed by atoms with Crippen molar-refractivity contribution in [2.75, 3.05) is 13.1 Å². The minimum Gasteiger partial charge on any atom is -0.354 e. The molecule has 2 heterocycles. The van der Waals surface area contributed by atoms with E-state index in [-0.39, 0.29) is 11.9 Å². The third-order valence-corrected chi connectivity index (χ3v) is 2.25. The molecule has 1 aromatic heterocycles. The van der Waals surface area contributed by atoms with Gasteiger partial charge < -0.3 is 10.6 Å². The van der Waals surface area contributed by atoms with Gasteiger partial charge in [-0.25, -0.2) is 0 Å². The van der Waals surface area contributed by atoms with Crippen LogP contribution in [-0.2, 0) is 4.79 Å². The summed E-state index contributed by atoms with van der Waals surface area (Å²) >= 11 is 0. The van der Waals surface area contributed by atoms with E-state index < -0.39 is 0 Å². The van der Waals surface area contributed by atoms with Gasteiger partial charge in [-0.05, 0) is 25.1 Å². The summed E-state index contributed by atoms with van der Waals surface area (Å²) in [5, 5.41) is 6.02. The molecule has 14 heavy (non-hydrogen) atoms. The Bertz CT molecular complexity index is 312. The van der Waals surface area contributed by atoms with Crippen LogP contribution < -0.4 is 10.6 Å². The molecule has 1 aliphatic heterocycles. The van der Waals surface area contributed by atoms with Gasteiger partial charge in [-0.1, -0.05) is 6.07 Å². The molecular weight excluding hydrogens is 178 g/mol. The van der Waals surface area contributed by atoms with Crippen LogP contribution in [0.3, 0.4) is 0 Å². The first-order valence-electron chi connectivity index (χ1n) is 4.80. The number of hydrogen-bond donors (Lipinski definition) is 2. The van der Waals surface area contributed by atoms with Gasteiger partial charge in [0.25, 0.3) is 0 Å². The van der Waals surface area contributed by atoms with Crippen molar-refractivity contribution in [2.24, 2.45) is 0 Å². The molecule has 0 aliphatic carbocycles. The molecule has 1 atom stereocenters. The highest BCUT2D eigenvalue weighted by atomic mass is 16.2. The molecule has 0 bridgehead atoms. The van der Waals surface area contributed by atoms with Crippen molar-refractivity contribution >= 4 is 5.91 Å². The molecule has 1 amide bonds. The predicted molar refractivity (Wildman–Crippen MR) is 52.6 cm³/mol. The van der Waals surface area contributed by atoms with E-state index in [2.05, 4.69) is 15.6 Å². The van der Waals surface area contributed by atoms with Crippen LogP contribution in [0.1, 0.15) is 18.2 Å². The predicted octanol–water partition coefficient (Wildman–Crippen LogP) is 0.232. The van der Waals surface area contributed by atoms with Gasteiger partial charge in [0.2, 0.25) is 5.91 Å². The highest BCUT2D eigenvalue weighted by molar-refractivity contribution is 5.82. The van der Waals surface area contributed by atoms with Gasteiger partial charge in [-0.15, -0.1) is 0 Å². The molecule has 4 heteroatoms. The lowest BCUT2D eigenvalue weighted by Gasteiger charge is -2.13. The fourth-order valence-electron chi connectivity index (χ4n) is 1.53. The van der Waals surface area contributed by atoms with Crippen LogP contribution in [-0.4, -0.2) is 24.0 Å². The van der Waals surface area contributed by atoms with Crippen LogP contribution in [0.2, 0.25) is 0 Å². The molecule has 1 fully saturated rings. The number of nitrogens with one attached hydrogen (secondary N) is 2. The van der Waals surface area contributed by atoms with E-state index in [1.807, 2.05) is 18.2 Å². The third-order valence-electron chi connectivity index (χ3n) is 2.25. The second-order valence-electron chi connectivity index (χ2n) is 3.29. The lowest BCUT2D eigenvalue weighted by molar-refractivity contribution is -0.122. The van der Waals surface area contributed by atoms with Gasteiger partial charge in [0.1, 0.15) is 6.04 Å². The largest absolute Gasteiger partial charge is 0.354 e. The van der Waals surface area contributed by atoms with Crippen LogP contribution in [0.15, 0.2) is 24.4 Å². The summed E-state index contributed by atoms with van der Waals surface area (Å²) in [4.78, 5) is 15.8. The molecule has 0 aromatic carbocycles. The van der Waals surface area contributed by atoms with E-state index in [4.69, 9.17) is 0 Å². The summed E-state index contributed by atoms with van der Waals surface area (Å²) in [5.74, 6) is 0.0150. The Hall–Kier alpha value is -1.42. The minimum atomic E-state index is -0.293. The van der Waals surface area contributed by atoms with E-state index in [0.29, 0.717) is 0 Å². The first-order chi connectivity index (χ1) is 6.88. The number of nitrogens with zero attached hydrogens (tertiary/aromatic N) is 1. The zero-order chi connectivity index (χ0) is 9.80. The number of rotatable bonds is 1. The molecular formula is C10H13N3O. The first kappa shape index (κ1) is 9.15. The standard InChI is InChI=1S/C10H13N3O/c14-10-9(12-6-3-7-13-10)8-4-1-2-5-11-8/h1-2,4-5,9,12H,3,6-7H2,(H,13,14). The average molecular weight is 191 g/mol. The smallest absolute Gasteiger partial charge is 0.243 e. The number of pyridine rings is 1. The van der Waals surface area contributed by atoms with E-state index in [1.165, 1.54) is 0 Å². The van der Waals surface area contributed by atoms with E-state index in [1.54, 1.807) is 6.20 Å². The molecule has 1 aromatic rings. The number of hydrogen-bond acceptors (Lipinski definition) is 3. The average Bonchev–Trinajstić information content (AvgIpc) is 2.44. The van der Waals surface area contributed by atoms with Crippen LogP contribution in [0.4, 0.5) is 0 Å². The Morgan fingerprint density at radius 1 is 1.36 bits per heavy atom. The first-order valence-corrected chi connectivity index (χ1v) is 4.80. The van der Waals surface area contributed by atoms with Crippen LogP contribution in [0.25, 0.3) is 0 Å². The zero-order valence-electron chi connectivity index (χ0n) is 7.86. The second-order valence-corrected chi connectivity index (χ2v) is 3.29. The summed E-state index contributed by atoms with van der Waals surface area (Å²) in [7, 11) is 0. The lowest BCUT2D eigenvalue weighted by Crippen LogP contribution is -2.34. The van der Waals surface area contributed by atoms with Gasteiger partial charge in [0.05, 0.1) is 5.69 Å². The van der Waals surface area contributed by atoms with Crippen molar-refractivity contribution < 1.29 is 4.79 Å². The van der Waals surface area contributed by atoms with Crippen molar-refractivity contribution in [3.63, 3.8) is 0 Å². The number of aromatic nitrogens is 1. The Morgan fingerprint density at radius 3 is 3.07 bits per heavy atom. The Balaban J connectivity index is 2.19. The fourth-order valence-corrected chi connectivity index (χ4v) is 1.53. The fraction of sp³-hybridized carbons (Fsp3) is 0.400. The molecule has 1 aliphatic rings. The Kier molecular flexibility index (Phi) is 2.74. The molecule has 2 N–H and O–H groups in total. The minimum absolute atomic E-state index is 0.0150. The van der Waals surface area contributed by atoms with E-state index in [0.717, 1.165) is 25.2 Å². The van der Waals surface area contributed by atoms with Crippen molar-refractivity contribution in [3.05, 3.63) is 30.1 Å². The molecule has 1 unspecified atom stereocenters. The van der Waals surface area contributed by atoms with Crippen LogP contribution in [0.5, 0.6) is 0 Å². The molecule has 0 radical (unpaired) electrons. The zero-order valence-corrected chi connectivity index (χ0v) is 7.86. The summed E-state index contributed by atoms with van der Waals surface area (Å²) in [6, 6.07) is 5.31. The number of carbonyl (C=O) groups excluding carboxylic acids is 1. The maximum Gasteiger partial charge on any atom is 0.243 e. The number of carbonyl (C=O) groups is 1. The van der Waals surface area contributed by atoms with Crippen molar-refractivity contribution in [2.45, 2.75) is 12.5 Å². The Morgan fingerprint density at radius 2 is 2.29 bits per heavy atom. The van der Waals surface area contributed by atoms with E-state index in [9.17, 15) is 4.79 Å². The summed E-state index contributed by atoms with van der Waals surface area (Å²) in [6.45, 7) is 1.59. The van der Waals surface area contributed by atoms with Crippen molar-refractivity contribution in [3.8, 4) is 0 Å². The summed E-state index contributed by atoms with van der Waals surface area (Å²) in [6.07, 6.45) is 2.67. The topological polar surface area (TPSA) is 54.0 Å². The van der Waals surface area contributed by atoms with Gasteiger partial charge in [-0.3, -0.25) is 9.78 Å². The second kappa shape index (κ2) is 4.19. The molecule has 74 valence electrons. The summed E-state index contributed by atoms with van der Waals surface area (Å²) in [5.41, 5.74) is 0.784. The normalized spacial score (nSPS) is 22.6. The third kappa shape index (κ3) is 1.90. The van der Waals surface area contributed by atoms with Gasteiger partial charge >= 0.3 is 0 Å². The molecule has 2 rings (SSSR count). The molecule has 0 spiro atoms. The quantitative estimate of drug-likeness (QED) is 0.668. The summed E-state index contributed by atoms with van der Waals surface area (Å²) < 4.78 is 0. The molecule has 0 saturated carbocycles. The number of amides is 1. The highest BCUT2D eigenvalue weighted by Gasteiger charge is 2.22. The maximum atomic E-state index is 11.6. The van der Waals surface area contributed by atoms with Gasteiger partial charge in [0, 0.05) is 12.7 Å².